The van der Waals surface area contributed by atoms with Gasteiger partial charge in [0.2, 0.25) is 5.91 Å². The number of hydrogen-bond acceptors (Lipinski definition) is 9. The van der Waals surface area contributed by atoms with Crippen LogP contribution in [0.25, 0.3) is 11.0 Å². The van der Waals surface area contributed by atoms with Crippen LogP contribution in [0.4, 0.5) is 5.82 Å². The zero-order chi connectivity index (χ0) is 28.4. The van der Waals surface area contributed by atoms with Crippen LogP contribution in [0, 0.1) is 24.2 Å². The fourth-order valence-corrected chi connectivity index (χ4v) is 4.94. The normalized spacial score (nSPS) is 22.5. The van der Waals surface area contributed by atoms with Crippen molar-refractivity contribution in [3.8, 4) is 0 Å². The van der Waals surface area contributed by atoms with Crippen LogP contribution in [-0.4, -0.2) is 64.4 Å². The van der Waals surface area contributed by atoms with Crippen molar-refractivity contribution in [2.75, 3.05) is 19.0 Å². The van der Waals surface area contributed by atoms with Crippen molar-refractivity contribution in [2.45, 2.75) is 86.4 Å². The highest BCUT2D eigenvalue weighted by Gasteiger charge is 2.50. The Morgan fingerprint density at radius 3 is 2.29 bits per heavy atom. The Morgan fingerprint density at radius 2 is 1.74 bits per heavy atom. The van der Waals surface area contributed by atoms with Gasteiger partial charge in [-0.3, -0.25) is 14.4 Å². The number of anilines is 1. The Labute approximate surface area is 223 Å². The van der Waals surface area contributed by atoms with E-state index in [9.17, 15) is 14.4 Å². The number of nitrogens with one attached hydrogen (secondary N) is 1. The lowest BCUT2D eigenvalue weighted by atomic mass is 9.79. The number of fused-ring (bicyclic) bond motifs is 1. The van der Waals surface area contributed by atoms with Gasteiger partial charge in [-0.1, -0.05) is 34.6 Å². The molecule has 1 fully saturated rings. The maximum Gasteiger partial charge on any atom is 0.303 e. The van der Waals surface area contributed by atoms with E-state index in [1.807, 2.05) is 20.8 Å². The standard InChI is InChI=1S/C27H40N4O7/c1-14(2)18(10-27(6,7)8)25(34)30-23-20-15(3)11-31(24(20)29-13-28-23)26-22(37-17(5)33)21(36-16(4)32)19(38-26)12-35-9/h11,13-14,18-19,21-22,26H,10,12H2,1-9H3,(H,28,29,30,34)/t18?,19-,21?,22+,26-/m1/s1. The highest BCUT2D eigenvalue weighted by atomic mass is 16.7. The molecule has 2 aromatic heterocycles. The topological polar surface area (TPSA) is 131 Å². The molecule has 5 atom stereocenters. The van der Waals surface area contributed by atoms with Crippen molar-refractivity contribution in [1.29, 1.82) is 0 Å². The summed E-state index contributed by atoms with van der Waals surface area (Å²) < 4.78 is 24.3. The molecule has 2 unspecified atom stereocenters. The van der Waals surface area contributed by atoms with Crippen molar-refractivity contribution in [1.82, 2.24) is 14.5 Å². The van der Waals surface area contributed by atoms with Crippen molar-refractivity contribution < 1.29 is 33.3 Å². The van der Waals surface area contributed by atoms with Gasteiger partial charge in [0.1, 0.15) is 23.9 Å². The van der Waals surface area contributed by atoms with E-state index in [2.05, 4.69) is 36.1 Å². The van der Waals surface area contributed by atoms with E-state index in [1.54, 1.807) is 10.8 Å². The van der Waals surface area contributed by atoms with Crippen molar-refractivity contribution >= 4 is 34.7 Å². The van der Waals surface area contributed by atoms with Crippen LogP contribution in [0.5, 0.6) is 0 Å². The molecular formula is C27H40N4O7. The number of nitrogens with zero attached hydrogens (tertiary/aromatic N) is 3. The Balaban J connectivity index is 2.03. The molecule has 1 aliphatic heterocycles. The van der Waals surface area contributed by atoms with E-state index in [-0.39, 0.29) is 29.8 Å². The van der Waals surface area contributed by atoms with E-state index in [0.717, 1.165) is 12.0 Å². The first kappa shape index (κ1) is 29.5. The van der Waals surface area contributed by atoms with Crippen LogP contribution < -0.4 is 5.32 Å². The third-order valence-electron chi connectivity index (χ3n) is 6.51. The molecule has 38 heavy (non-hydrogen) atoms. The van der Waals surface area contributed by atoms with Crippen LogP contribution in [0.15, 0.2) is 12.5 Å². The minimum Gasteiger partial charge on any atom is -0.456 e. The first-order chi connectivity index (χ1) is 17.7. The number of aryl methyl sites for hydroxylation is 1. The maximum atomic E-state index is 13.4. The molecule has 3 rings (SSSR count). The van der Waals surface area contributed by atoms with E-state index < -0.39 is 36.5 Å². The Bertz CT molecular complexity index is 1170. The van der Waals surface area contributed by atoms with Crippen LogP contribution in [0.2, 0.25) is 0 Å². The van der Waals surface area contributed by atoms with Crippen LogP contribution in [0.3, 0.4) is 0 Å². The Hall–Kier alpha value is -3.05. The third-order valence-corrected chi connectivity index (χ3v) is 6.51. The van der Waals surface area contributed by atoms with Gasteiger partial charge < -0.3 is 28.8 Å². The summed E-state index contributed by atoms with van der Waals surface area (Å²) in [5, 5.41) is 3.66. The lowest BCUT2D eigenvalue weighted by molar-refractivity contribution is -0.165. The average Bonchev–Trinajstić information content (AvgIpc) is 3.29. The first-order valence-electron chi connectivity index (χ1n) is 12.8. The van der Waals surface area contributed by atoms with Crippen molar-refractivity contribution in [3.63, 3.8) is 0 Å². The number of methoxy groups -OCH3 is 1. The molecule has 0 saturated carbocycles. The van der Waals surface area contributed by atoms with E-state index in [1.165, 1.54) is 27.3 Å². The van der Waals surface area contributed by atoms with Crippen LogP contribution >= 0.6 is 0 Å². The van der Waals surface area contributed by atoms with Gasteiger partial charge in [-0.2, -0.15) is 0 Å². The van der Waals surface area contributed by atoms with Gasteiger partial charge in [0.15, 0.2) is 18.4 Å². The highest BCUT2D eigenvalue weighted by Crippen LogP contribution is 2.38. The van der Waals surface area contributed by atoms with Gasteiger partial charge >= 0.3 is 11.9 Å². The lowest BCUT2D eigenvalue weighted by Gasteiger charge is -2.27. The fraction of sp³-hybridized carbons (Fsp3) is 0.667. The van der Waals surface area contributed by atoms with Crippen molar-refractivity contribution in [2.24, 2.45) is 17.3 Å². The number of esters is 2. The zero-order valence-electron chi connectivity index (χ0n) is 23.7. The molecule has 0 radical (unpaired) electrons. The number of rotatable bonds is 9. The largest absolute Gasteiger partial charge is 0.456 e. The molecule has 1 amide bonds. The first-order valence-corrected chi connectivity index (χ1v) is 12.8. The van der Waals surface area contributed by atoms with Gasteiger partial charge in [0.25, 0.3) is 0 Å². The van der Waals surface area contributed by atoms with Gasteiger partial charge in [-0.25, -0.2) is 9.97 Å². The highest BCUT2D eigenvalue weighted by molar-refractivity contribution is 6.01. The van der Waals surface area contributed by atoms with E-state index in [4.69, 9.17) is 18.9 Å². The van der Waals surface area contributed by atoms with Crippen LogP contribution in [-0.2, 0) is 33.3 Å². The number of aromatic nitrogens is 3. The van der Waals surface area contributed by atoms with Gasteiger partial charge in [0, 0.05) is 33.1 Å². The summed E-state index contributed by atoms with van der Waals surface area (Å²) in [6.07, 6.45) is 0.520. The number of carbonyl (C=O) groups excluding carboxylic acids is 3. The average molecular weight is 533 g/mol. The molecule has 1 saturated heterocycles. The molecule has 0 bridgehead atoms. The number of carbonyl (C=O) groups is 3. The zero-order valence-corrected chi connectivity index (χ0v) is 23.7. The second-order valence-electron chi connectivity index (χ2n) is 11.4. The van der Waals surface area contributed by atoms with Crippen LogP contribution in [0.1, 0.15) is 66.7 Å². The summed E-state index contributed by atoms with van der Waals surface area (Å²) in [6, 6.07) is 0. The molecule has 210 valence electrons. The predicted molar refractivity (Wildman–Crippen MR) is 140 cm³/mol. The Kier molecular flexibility index (Phi) is 9.14. The molecule has 1 aliphatic rings. The number of ether oxygens (including phenoxy) is 4. The SMILES string of the molecule is COC[C@H]1O[C@@H](n2cc(C)c3c(NC(=O)C(CC(C)(C)C)C(C)C)ncnc32)[C@@H](OC(C)=O)C1OC(C)=O. The van der Waals surface area contributed by atoms with E-state index >= 15 is 0 Å². The number of amides is 1. The van der Waals surface area contributed by atoms with Gasteiger partial charge in [-0.05, 0) is 30.2 Å². The molecule has 3 heterocycles. The van der Waals surface area contributed by atoms with E-state index in [0.29, 0.717) is 16.9 Å². The molecular weight excluding hydrogens is 492 g/mol. The third kappa shape index (κ3) is 6.68. The minimum absolute atomic E-state index is 0.0186. The molecule has 2 aromatic rings. The summed E-state index contributed by atoms with van der Waals surface area (Å²) in [6.45, 7) is 15.0. The van der Waals surface area contributed by atoms with Gasteiger partial charge in [0.05, 0.1) is 12.0 Å². The summed E-state index contributed by atoms with van der Waals surface area (Å²) in [4.78, 5) is 46.1. The predicted octanol–water partition coefficient (Wildman–Crippen LogP) is 3.79. The smallest absolute Gasteiger partial charge is 0.303 e. The van der Waals surface area contributed by atoms with Crippen molar-refractivity contribution in [3.05, 3.63) is 18.1 Å². The minimum atomic E-state index is -0.948. The lowest BCUT2D eigenvalue weighted by Crippen LogP contribution is -2.40. The molecule has 0 aliphatic carbocycles. The molecule has 1 N–H and O–H groups in total. The molecule has 0 spiro atoms. The summed E-state index contributed by atoms with van der Waals surface area (Å²) in [5.74, 6) is -0.853. The molecule has 0 aromatic carbocycles. The Morgan fingerprint density at radius 1 is 1.11 bits per heavy atom. The molecule has 11 nitrogen and oxygen atoms in total. The summed E-state index contributed by atoms with van der Waals surface area (Å²) >= 11 is 0. The second-order valence-corrected chi connectivity index (χ2v) is 11.4. The maximum absolute atomic E-state index is 13.4. The quantitative estimate of drug-likeness (QED) is 0.479. The summed E-state index contributed by atoms with van der Waals surface area (Å²) in [5.41, 5.74) is 1.25. The second kappa shape index (κ2) is 11.8. The fourth-order valence-electron chi connectivity index (χ4n) is 4.94. The van der Waals surface area contributed by atoms with Gasteiger partial charge in [-0.15, -0.1) is 0 Å². The molecule has 11 heteroatoms. The number of hydrogen-bond donors (Lipinski definition) is 1. The monoisotopic (exact) mass is 532 g/mol. The summed E-state index contributed by atoms with van der Waals surface area (Å²) in [7, 11) is 1.50.